The Balaban J connectivity index is 2.74. The molecule has 0 N–H and O–H groups in total. The van der Waals surface area contributed by atoms with Crippen molar-refractivity contribution in [2.75, 3.05) is 13.2 Å². The Kier molecular flexibility index (Phi) is 6.21. The summed E-state index contributed by atoms with van der Waals surface area (Å²) >= 11 is 0. The Labute approximate surface area is 146 Å². The lowest BCUT2D eigenvalue weighted by Crippen LogP contribution is -2.59. The molecule has 3 unspecified atom stereocenters. The Morgan fingerprint density at radius 3 is 1.79 bits per heavy atom. The first-order valence-corrected chi connectivity index (χ1v) is 6.62. The molecular formula is C11H8F12O5. The van der Waals surface area contributed by atoms with E-state index in [1.165, 1.54) is 0 Å². The Morgan fingerprint density at radius 2 is 1.43 bits per heavy atom. The van der Waals surface area contributed by atoms with Crippen LogP contribution in [-0.4, -0.2) is 61.6 Å². The molecule has 0 bridgehead atoms. The molecule has 1 saturated heterocycles. The Morgan fingerprint density at radius 1 is 0.964 bits per heavy atom. The third-order valence-electron chi connectivity index (χ3n) is 3.13. The number of alkyl halides is 12. The average molecular weight is 448 g/mol. The summed E-state index contributed by atoms with van der Waals surface area (Å²) in [7, 11) is 0. The minimum atomic E-state index is -6.79. The molecule has 28 heavy (non-hydrogen) atoms. The SMILES string of the molecule is CC1(C(F)(F)F)OC(F)C(F)(OCCOC(=O)C(F)(C(F)(F)F)C(F)(F)F)O1. The third kappa shape index (κ3) is 4.24. The molecule has 17 heteroatoms. The maximum atomic E-state index is 13.8. The van der Waals surface area contributed by atoms with Crippen molar-refractivity contribution in [3.63, 3.8) is 0 Å². The van der Waals surface area contributed by atoms with Crippen molar-refractivity contribution in [1.82, 2.24) is 0 Å². The van der Waals surface area contributed by atoms with Crippen LogP contribution in [0.4, 0.5) is 52.7 Å². The molecule has 1 aliphatic rings. The summed E-state index contributed by atoms with van der Waals surface area (Å²) in [5.41, 5.74) is -6.45. The molecule has 0 aromatic rings. The lowest BCUT2D eigenvalue weighted by Gasteiger charge is -2.28. The molecule has 0 aromatic heterocycles. The smallest absolute Gasteiger partial charge is 0.443 e. The van der Waals surface area contributed by atoms with Crippen molar-refractivity contribution in [3.05, 3.63) is 0 Å². The van der Waals surface area contributed by atoms with Crippen LogP contribution in [0.25, 0.3) is 0 Å². The van der Waals surface area contributed by atoms with E-state index in [1.54, 1.807) is 0 Å². The molecule has 0 saturated carbocycles. The minimum absolute atomic E-state index is 0.0361. The van der Waals surface area contributed by atoms with Gasteiger partial charge in [-0.25, -0.2) is 13.6 Å². The monoisotopic (exact) mass is 448 g/mol. The predicted octanol–water partition coefficient (Wildman–Crippen LogP) is 3.62. The molecule has 166 valence electrons. The first-order chi connectivity index (χ1) is 12.2. The molecular weight excluding hydrogens is 440 g/mol. The van der Waals surface area contributed by atoms with Crippen molar-refractivity contribution in [2.24, 2.45) is 0 Å². The van der Waals surface area contributed by atoms with E-state index < -0.39 is 61.6 Å². The second kappa shape index (κ2) is 7.08. The maximum absolute atomic E-state index is 13.8. The van der Waals surface area contributed by atoms with E-state index in [0.717, 1.165) is 0 Å². The zero-order valence-corrected chi connectivity index (χ0v) is 13.1. The van der Waals surface area contributed by atoms with Crippen LogP contribution >= 0.6 is 0 Å². The van der Waals surface area contributed by atoms with Crippen molar-refractivity contribution in [1.29, 1.82) is 0 Å². The quantitative estimate of drug-likeness (QED) is 0.366. The van der Waals surface area contributed by atoms with Gasteiger partial charge in [0, 0.05) is 0 Å². The van der Waals surface area contributed by atoms with Crippen LogP contribution in [0, 0.1) is 0 Å². The fourth-order valence-electron chi connectivity index (χ4n) is 1.63. The summed E-state index contributed by atoms with van der Waals surface area (Å²) in [6.45, 7) is -3.35. The molecule has 0 radical (unpaired) electrons. The van der Waals surface area contributed by atoms with E-state index in [-0.39, 0.29) is 6.92 Å². The van der Waals surface area contributed by atoms with Crippen LogP contribution in [0.2, 0.25) is 0 Å². The van der Waals surface area contributed by atoms with Gasteiger partial charge in [-0.05, 0) is 6.92 Å². The molecule has 0 amide bonds. The van der Waals surface area contributed by atoms with Gasteiger partial charge in [0.05, 0.1) is 6.61 Å². The highest BCUT2D eigenvalue weighted by Crippen LogP contribution is 2.48. The van der Waals surface area contributed by atoms with Crippen LogP contribution in [0.5, 0.6) is 0 Å². The molecule has 0 aromatic carbocycles. The largest absolute Gasteiger partial charge is 0.460 e. The van der Waals surface area contributed by atoms with Crippen LogP contribution in [0.3, 0.4) is 0 Å². The summed E-state index contributed by atoms with van der Waals surface area (Å²) < 4.78 is 166. The van der Waals surface area contributed by atoms with Gasteiger partial charge in [0.2, 0.25) is 0 Å². The number of carbonyl (C=O) groups excluding carboxylic acids is 1. The zero-order valence-electron chi connectivity index (χ0n) is 13.1. The summed E-state index contributed by atoms with van der Waals surface area (Å²) in [6.07, 6.45) is -22.6. The molecule has 1 heterocycles. The normalized spacial score (nSPS) is 29.8. The molecule has 1 fully saturated rings. The third-order valence-corrected chi connectivity index (χ3v) is 3.13. The van der Waals surface area contributed by atoms with Gasteiger partial charge in [-0.1, -0.05) is 0 Å². The summed E-state index contributed by atoms with van der Waals surface area (Å²) in [4.78, 5) is 10.9. The second-order valence-corrected chi connectivity index (χ2v) is 5.20. The Hall–Kier alpha value is -1.49. The molecule has 5 nitrogen and oxygen atoms in total. The number of carbonyl (C=O) groups is 1. The van der Waals surface area contributed by atoms with Crippen molar-refractivity contribution in [3.8, 4) is 0 Å². The van der Waals surface area contributed by atoms with Gasteiger partial charge in [0.25, 0.3) is 12.1 Å². The fraction of sp³-hybridized carbons (Fsp3) is 0.909. The topological polar surface area (TPSA) is 54.0 Å². The number of esters is 1. The maximum Gasteiger partial charge on any atom is 0.443 e. The van der Waals surface area contributed by atoms with Crippen LogP contribution in [-0.2, 0) is 23.7 Å². The number of halogens is 12. The minimum Gasteiger partial charge on any atom is -0.460 e. The number of hydrogen-bond donors (Lipinski definition) is 0. The van der Waals surface area contributed by atoms with Gasteiger partial charge in [0.1, 0.15) is 6.61 Å². The van der Waals surface area contributed by atoms with Gasteiger partial charge in [-0.15, -0.1) is 0 Å². The first-order valence-electron chi connectivity index (χ1n) is 6.62. The number of rotatable bonds is 5. The lowest BCUT2D eigenvalue weighted by atomic mass is 10.1. The van der Waals surface area contributed by atoms with Crippen molar-refractivity contribution >= 4 is 5.97 Å². The van der Waals surface area contributed by atoms with E-state index in [1.807, 2.05) is 0 Å². The Bertz CT molecular complexity index is 572. The average Bonchev–Trinajstić information content (AvgIpc) is 2.70. The highest BCUT2D eigenvalue weighted by atomic mass is 19.4. The van der Waals surface area contributed by atoms with Crippen LogP contribution < -0.4 is 0 Å². The predicted molar refractivity (Wildman–Crippen MR) is 58.2 cm³/mol. The van der Waals surface area contributed by atoms with E-state index in [0.29, 0.717) is 0 Å². The van der Waals surface area contributed by atoms with Crippen molar-refractivity contribution < 1.29 is 76.4 Å². The van der Waals surface area contributed by atoms with Gasteiger partial charge in [0.15, 0.2) is 0 Å². The molecule has 1 aliphatic heterocycles. The first kappa shape index (κ1) is 24.5. The van der Waals surface area contributed by atoms with E-state index in [4.69, 9.17) is 0 Å². The highest BCUT2D eigenvalue weighted by Gasteiger charge is 2.79. The number of hydrogen-bond acceptors (Lipinski definition) is 5. The fourth-order valence-corrected chi connectivity index (χ4v) is 1.63. The van der Waals surface area contributed by atoms with E-state index >= 15 is 0 Å². The van der Waals surface area contributed by atoms with E-state index in [9.17, 15) is 57.5 Å². The molecule has 3 atom stereocenters. The second-order valence-electron chi connectivity index (χ2n) is 5.20. The summed E-state index contributed by atoms with van der Waals surface area (Å²) in [6, 6.07) is -4.31. The summed E-state index contributed by atoms with van der Waals surface area (Å²) in [5, 5.41) is 0. The van der Waals surface area contributed by atoms with E-state index in [2.05, 4.69) is 18.9 Å². The zero-order chi connectivity index (χ0) is 22.4. The summed E-state index contributed by atoms with van der Waals surface area (Å²) in [5.74, 6) is -7.36. The van der Waals surface area contributed by atoms with Gasteiger partial charge < -0.3 is 14.2 Å². The molecule has 0 aliphatic carbocycles. The van der Waals surface area contributed by atoms with Crippen molar-refractivity contribution in [2.45, 2.75) is 49.3 Å². The highest BCUT2D eigenvalue weighted by molar-refractivity contribution is 5.81. The molecule has 0 spiro atoms. The van der Waals surface area contributed by atoms with Gasteiger partial charge >= 0.3 is 36.2 Å². The van der Waals surface area contributed by atoms with Gasteiger partial charge in [-0.3, -0.25) is 4.74 Å². The van der Waals surface area contributed by atoms with Crippen LogP contribution in [0.1, 0.15) is 6.92 Å². The van der Waals surface area contributed by atoms with Crippen LogP contribution in [0.15, 0.2) is 0 Å². The standard InChI is InChI=1S/C11H8F12O5/c1-6(9(15,16)17)27-4(12)8(14,28-6)26-3-2-25-5(24)7(13,10(18,19)20)11(21,22)23/h4H,2-3H2,1H3. The molecule has 1 rings (SSSR count). The lowest BCUT2D eigenvalue weighted by molar-refractivity contribution is -0.392. The van der Waals surface area contributed by atoms with Gasteiger partial charge in [-0.2, -0.15) is 43.9 Å². The number of ether oxygens (including phenoxy) is 4.